The molecule has 0 bridgehead atoms. The number of likely N-dealkylation sites (N-methyl/N-ethyl adjacent to an activating group) is 1. The second-order valence-electron chi connectivity index (χ2n) is 5.95. The van der Waals surface area contributed by atoms with Crippen LogP contribution in [0.1, 0.15) is 22.3 Å². The summed E-state index contributed by atoms with van der Waals surface area (Å²) in [6.45, 7) is 4.52. The van der Waals surface area contributed by atoms with Crippen molar-refractivity contribution in [2.75, 3.05) is 20.8 Å². The summed E-state index contributed by atoms with van der Waals surface area (Å²) in [5, 5.41) is 8.91. The maximum absolute atomic E-state index is 12.3. The number of hydrogen-bond donors (Lipinski definition) is 0. The molecule has 0 aliphatic carbocycles. The molecule has 0 saturated heterocycles. The zero-order valence-corrected chi connectivity index (χ0v) is 15.0. The predicted molar refractivity (Wildman–Crippen MR) is 95.6 cm³/mol. The van der Waals surface area contributed by atoms with Crippen molar-refractivity contribution in [2.24, 2.45) is 0 Å². The molecule has 5 heteroatoms. The van der Waals surface area contributed by atoms with Crippen molar-refractivity contribution in [3.8, 4) is 17.6 Å². The first-order valence-electron chi connectivity index (χ1n) is 7.95. The van der Waals surface area contributed by atoms with E-state index in [0.29, 0.717) is 23.6 Å². The first-order valence-corrected chi connectivity index (χ1v) is 7.95. The molecule has 25 heavy (non-hydrogen) atoms. The van der Waals surface area contributed by atoms with Gasteiger partial charge in [-0.1, -0.05) is 23.8 Å². The Hall–Kier alpha value is -3.00. The van der Waals surface area contributed by atoms with Gasteiger partial charge in [-0.15, -0.1) is 0 Å². The van der Waals surface area contributed by atoms with Crippen LogP contribution in [0.4, 0.5) is 0 Å². The lowest BCUT2D eigenvalue weighted by atomic mass is 10.1. The summed E-state index contributed by atoms with van der Waals surface area (Å²) in [5.41, 5.74) is 3.95. The molecule has 2 rings (SSSR count). The van der Waals surface area contributed by atoms with Crippen LogP contribution in [0.25, 0.3) is 0 Å². The van der Waals surface area contributed by atoms with E-state index in [1.54, 1.807) is 30.1 Å². The number of ether oxygens (including phenoxy) is 2. The molecule has 0 saturated carbocycles. The normalized spacial score (nSPS) is 10.0. The number of rotatable bonds is 6. The van der Waals surface area contributed by atoms with E-state index in [1.807, 2.05) is 32.0 Å². The van der Waals surface area contributed by atoms with Gasteiger partial charge in [-0.2, -0.15) is 5.26 Å². The number of benzene rings is 2. The summed E-state index contributed by atoms with van der Waals surface area (Å²) in [5.74, 6) is 0.741. The lowest BCUT2D eigenvalue weighted by Gasteiger charge is -2.19. The largest absolute Gasteiger partial charge is 0.493 e. The number of carbonyl (C=O) groups is 1. The highest BCUT2D eigenvalue weighted by Crippen LogP contribution is 2.27. The molecular formula is C20H22N2O3. The maximum atomic E-state index is 12.3. The highest BCUT2D eigenvalue weighted by molar-refractivity contribution is 5.77. The Morgan fingerprint density at radius 2 is 1.92 bits per heavy atom. The number of nitrogens with zero attached hydrogens (tertiary/aromatic N) is 2. The van der Waals surface area contributed by atoms with Gasteiger partial charge in [-0.05, 0) is 37.1 Å². The van der Waals surface area contributed by atoms with Gasteiger partial charge in [0.05, 0.1) is 18.7 Å². The molecule has 0 spiro atoms. The Labute approximate surface area is 148 Å². The van der Waals surface area contributed by atoms with E-state index in [0.717, 1.165) is 11.1 Å². The van der Waals surface area contributed by atoms with E-state index < -0.39 is 0 Å². The standard InChI is InChI=1S/C20H22N2O3/c1-14-5-7-17(15(2)9-14)12-22(3)20(23)13-25-18-8-6-16(11-21)10-19(18)24-4/h5-10H,12-13H2,1-4H3. The van der Waals surface area contributed by atoms with Crippen LogP contribution in [0.2, 0.25) is 0 Å². The van der Waals surface area contributed by atoms with Gasteiger partial charge in [0.15, 0.2) is 18.1 Å². The summed E-state index contributed by atoms with van der Waals surface area (Å²) < 4.78 is 10.8. The Morgan fingerprint density at radius 3 is 2.56 bits per heavy atom. The molecule has 0 fully saturated rings. The van der Waals surface area contributed by atoms with Crippen LogP contribution in [-0.2, 0) is 11.3 Å². The van der Waals surface area contributed by atoms with E-state index in [9.17, 15) is 4.79 Å². The first-order chi connectivity index (χ1) is 11.9. The SMILES string of the molecule is COc1cc(C#N)ccc1OCC(=O)N(C)Cc1ccc(C)cc1C. The van der Waals surface area contributed by atoms with Crippen molar-refractivity contribution in [1.82, 2.24) is 4.90 Å². The van der Waals surface area contributed by atoms with Crippen molar-refractivity contribution >= 4 is 5.91 Å². The second kappa shape index (κ2) is 8.20. The fourth-order valence-electron chi connectivity index (χ4n) is 2.47. The molecule has 0 atom stereocenters. The molecular weight excluding hydrogens is 316 g/mol. The average molecular weight is 338 g/mol. The number of nitriles is 1. The zero-order chi connectivity index (χ0) is 18.4. The van der Waals surface area contributed by atoms with Crippen LogP contribution >= 0.6 is 0 Å². The van der Waals surface area contributed by atoms with E-state index in [-0.39, 0.29) is 12.5 Å². The second-order valence-corrected chi connectivity index (χ2v) is 5.95. The summed E-state index contributed by atoms with van der Waals surface area (Å²) >= 11 is 0. The van der Waals surface area contributed by atoms with Crippen LogP contribution in [-0.4, -0.2) is 31.6 Å². The van der Waals surface area contributed by atoms with Gasteiger partial charge >= 0.3 is 0 Å². The Kier molecular flexibility index (Phi) is 6.02. The number of hydrogen-bond acceptors (Lipinski definition) is 4. The number of amides is 1. The van der Waals surface area contributed by atoms with Gasteiger partial charge in [0, 0.05) is 19.7 Å². The predicted octanol–water partition coefficient (Wildman–Crippen LogP) is 3.22. The highest BCUT2D eigenvalue weighted by atomic mass is 16.5. The van der Waals surface area contributed by atoms with Gasteiger partial charge in [0.2, 0.25) is 0 Å². The minimum atomic E-state index is -0.133. The average Bonchev–Trinajstić information content (AvgIpc) is 2.61. The van der Waals surface area contributed by atoms with Gasteiger partial charge in [0.25, 0.3) is 5.91 Å². The zero-order valence-electron chi connectivity index (χ0n) is 15.0. The monoisotopic (exact) mass is 338 g/mol. The highest BCUT2D eigenvalue weighted by Gasteiger charge is 2.13. The van der Waals surface area contributed by atoms with Crippen molar-refractivity contribution in [2.45, 2.75) is 20.4 Å². The van der Waals surface area contributed by atoms with E-state index in [1.165, 1.54) is 12.7 Å². The molecule has 0 radical (unpaired) electrons. The molecule has 5 nitrogen and oxygen atoms in total. The lowest BCUT2D eigenvalue weighted by Crippen LogP contribution is -2.31. The van der Waals surface area contributed by atoms with Crippen molar-refractivity contribution in [1.29, 1.82) is 5.26 Å². The summed E-state index contributed by atoms with van der Waals surface area (Å²) in [7, 11) is 3.25. The molecule has 130 valence electrons. The quantitative estimate of drug-likeness (QED) is 0.811. The molecule has 1 amide bonds. The molecule has 2 aromatic rings. The fraction of sp³-hybridized carbons (Fsp3) is 0.300. The first kappa shape index (κ1) is 18.3. The molecule has 0 aliphatic rings. The molecule has 2 aromatic carbocycles. The van der Waals surface area contributed by atoms with E-state index >= 15 is 0 Å². The lowest BCUT2D eigenvalue weighted by molar-refractivity contribution is -0.132. The van der Waals surface area contributed by atoms with Crippen LogP contribution < -0.4 is 9.47 Å². The molecule has 0 aliphatic heterocycles. The molecule has 0 heterocycles. The summed E-state index contributed by atoms with van der Waals surface area (Å²) in [6.07, 6.45) is 0. The Balaban J connectivity index is 1.99. The third-order valence-electron chi connectivity index (χ3n) is 3.98. The van der Waals surface area contributed by atoms with Crippen molar-refractivity contribution < 1.29 is 14.3 Å². The van der Waals surface area contributed by atoms with Gasteiger partial charge in [-0.25, -0.2) is 0 Å². The maximum Gasteiger partial charge on any atom is 0.260 e. The van der Waals surface area contributed by atoms with Crippen molar-refractivity contribution in [3.63, 3.8) is 0 Å². The van der Waals surface area contributed by atoms with Crippen LogP contribution in [0, 0.1) is 25.2 Å². The van der Waals surface area contributed by atoms with E-state index in [2.05, 4.69) is 6.07 Å². The summed E-state index contributed by atoms with van der Waals surface area (Å²) in [4.78, 5) is 14.0. The summed E-state index contributed by atoms with van der Waals surface area (Å²) in [6, 6.07) is 13.1. The third-order valence-corrected chi connectivity index (χ3v) is 3.98. The van der Waals surface area contributed by atoms with Gasteiger partial charge < -0.3 is 14.4 Å². The Morgan fingerprint density at radius 1 is 1.16 bits per heavy atom. The molecule has 0 aromatic heterocycles. The van der Waals surface area contributed by atoms with Gasteiger partial charge in [-0.3, -0.25) is 4.79 Å². The van der Waals surface area contributed by atoms with Crippen LogP contribution in [0.15, 0.2) is 36.4 Å². The van der Waals surface area contributed by atoms with Crippen molar-refractivity contribution in [3.05, 3.63) is 58.7 Å². The number of aryl methyl sites for hydroxylation is 2. The molecule has 0 N–H and O–H groups in total. The minimum Gasteiger partial charge on any atom is -0.493 e. The third kappa shape index (κ3) is 4.74. The van der Waals surface area contributed by atoms with E-state index in [4.69, 9.17) is 14.7 Å². The van der Waals surface area contributed by atoms with Crippen LogP contribution in [0.3, 0.4) is 0 Å². The fourth-order valence-corrected chi connectivity index (χ4v) is 2.47. The minimum absolute atomic E-state index is 0.0936. The molecule has 0 unspecified atom stereocenters. The number of methoxy groups -OCH3 is 1. The smallest absolute Gasteiger partial charge is 0.260 e. The van der Waals surface area contributed by atoms with Gasteiger partial charge in [0.1, 0.15) is 0 Å². The van der Waals surface area contributed by atoms with Crippen LogP contribution in [0.5, 0.6) is 11.5 Å². The Bertz CT molecular complexity index is 809. The number of carbonyl (C=O) groups excluding carboxylic acids is 1. The topological polar surface area (TPSA) is 62.6 Å².